The molecule has 2 amide bonds. The number of likely N-dealkylation sites (tertiary alicyclic amines) is 1. The minimum atomic E-state index is -0.274. The fourth-order valence-corrected chi connectivity index (χ4v) is 3.30. The second kappa shape index (κ2) is 7.07. The third-order valence-corrected chi connectivity index (χ3v) is 4.72. The number of hydrogen-bond donors (Lipinski definition) is 2. The van der Waals surface area contributed by atoms with Crippen molar-refractivity contribution in [1.29, 1.82) is 0 Å². The van der Waals surface area contributed by atoms with Gasteiger partial charge in [0.25, 0.3) is 0 Å². The van der Waals surface area contributed by atoms with Crippen LogP contribution in [0.5, 0.6) is 0 Å². The number of nitrogens with one attached hydrogen (secondary N) is 1. The van der Waals surface area contributed by atoms with Gasteiger partial charge in [-0.05, 0) is 45.6 Å². The Kier molecular flexibility index (Phi) is 5.40. The largest absolute Gasteiger partial charge is 0.369 e. The van der Waals surface area contributed by atoms with Crippen LogP contribution < -0.4 is 11.1 Å². The van der Waals surface area contributed by atoms with Gasteiger partial charge in [-0.25, -0.2) is 0 Å². The molecule has 2 saturated heterocycles. The summed E-state index contributed by atoms with van der Waals surface area (Å²) >= 11 is 0. The number of rotatable bonds is 4. The zero-order valence-electron chi connectivity index (χ0n) is 12.4. The van der Waals surface area contributed by atoms with Crippen LogP contribution in [0.15, 0.2) is 0 Å². The molecule has 2 fully saturated rings. The topological polar surface area (TPSA) is 75.4 Å². The summed E-state index contributed by atoms with van der Waals surface area (Å²) in [6.45, 7) is 3.64. The lowest BCUT2D eigenvalue weighted by molar-refractivity contribution is -0.137. The summed E-state index contributed by atoms with van der Waals surface area (Å²) in [5.74, 6) is -0.262. The van der Waals surface area contributed by atoms with Crippen molar-refractivity contribution in [3.63, 3.8) is 0 Å². The molecule has 3 N–H and O–H groups in total. The second-order valence-electron chi connectivity index (χ2n) is 6.26. The number of nitrogens with two attached hydrogens (primary N) is 1. The highest BCUT2D eigenvalue weighted by atomic mass is 16.2. The van der Waals surface area contributed by atoms with Crippen LogP contribution in [0.25, 0.3) is 0 Å². The predicted molar refractivity (Wildman–Crippen MR) is 78.0 cm³/mol. The number of carbonyl (C=O) groups excluding carboxylic acids is 2. The summed E-state index contributed by atoms with van der Waals surface area (Å²) in [5, 5.41) is 3.47. The Labute approximate surface area is 121 Å². The molecular formula is C15H27N3O2. The average molecular weight is 281 g/mol. The van der Waals surface area contributed by atoms with Gasteiger partial charge >= 0.3 is 0 Å². The van der Waals surface area contributed by atoms with Gasteiger partial charge in [0.1, 0.15) is 0 Å². The summed E-state index contributed by atoms with van der Waals surface area (Å²) in [6, 6.07) is 0.720. The zero-order chi connectivity index (χ0) is 14.5. The highest BCUT2D eigenvalue weighted by Crippen LogP contribution is 2.23. The summed E-state index contributed by atoms with van der Waals surface area (Å²) < 4.78 is 0. The van der Waals surface area contributed by atoms with Crippen molar-refractivity contribution in [3.05, 3.63) is 0 Å². The number of hydrogen-bond acceptors (Lipinski definition) is 3. The SMILES string of the molecule is CC1CCC(C(N)=O)CN1C(=O)CCC1CCCCN1. The van der Waals surface area contributed by atoms with Crippen LogP contribution in [0.3, 0.4) is 0 Å². The van der Waals surface area contributed by atoms with Crippen LogP contribution >= 0.6 is 0 Å². The first kappa shape index (κ1) is 15.3. The molecular weight excluding hydrogens is 254 g/mol. The van der Waals surface area contributed by atoms with Crippen LogP contribution in [0.4, 0.5) is 0 Å². The van der Waals surface area contributed by atoms with E-state index in [1.165, 1.54) is 19.3 Å². The van der Waals surface area contributed by atoms with Gasteiger partial charge < -0.3 is 16.0 Å². The van der Waals surface area contributed by atoms with Crippen LogP contribution in [-0.4, -0.2) is 41.9 Å². The Balaban J connectivity index is 1.81. The van der Waals surface area contributed by atoms with Crippen molar-refractivity contribution in [1.82, 2.24) is 10.2 Å². The molecule has 0 spiro atoms. The van der Waals surface area contributed by atoms with E-state index in [1.807, 2.05) is 4.90 Å². The normalized spacial score (nSPS) is 31.1. The highest BCUT2D eigenvalue weighted by Gasteiger charge is 2.31. The lowest BCUT2D eigenvalue weighted by Gasteiger charge is -2.37. The predicted octanol–water partition coefficient (Wildman–Crippen LogP) is 1.02. The van der Waals surface area contributed by atoms with Gasteiger partial charge in [-0.2, -0.15) is 0 Å². The number of carbonyl (C=O) groups is 2. The molecule has 0 radical (unpaired) electrons. The molecule has 0 bridgehead atoms. The minimum Gasteiger partial charge on any atom is -0.369 e. The minimum absolute atomic E-state index is 0.164. The molecule has 0 aromatic rings. The lowest BCUT2D eigenvalue weighted by Crippen LogP contribution is -2.49. The first-order valence-corrected chi connectivity index (χ1v) is 7.90. The van der Waals surface area contributed by atoms with Gasteiger partial charge in [-0.15, -0.1) is 0 Å². The first-order valence-electron chi connectivity index (χ1n) is 7.90. The molecule has 5 heteroatoms. The van der Waals surface area contributed by atoms with Crippen LogP contribution in [0, 0.1) is 5.92 Å². The molecule has 2 rings (SSSR count). The van der Waals surface area contributed by atoms with Crippen molar-refractivity contribution >= 4 is 11.8 Å². The van der Waals surface area contributed by atoms with Gasteiger partial charge in [0, 0.05) is 25.0 Å². The number of primary amides is 1. The van der Waals surface area contributed by atoms with Gasteiger partial charge in [0.15, 0.2) is 0 Å². The number of nitrogens with zero attached hydrogens (tertiary/aromatic N) is 1. The van der Waals surface area contributed by atoms with E-state index in [0.717, 1.165) is 25.8 Å². The van der Waals surface area contributed by atoms with E-state index < -0.39 is 0 Å². The van der Waals surface area contributed by atoms with Crippen molar-refractivity contribution in [2.45, 2.75) is 64.0 Å². The fourth-order valence-electron chi connectivity index (χ4n) is 3.30. The monoisotopic (exact) mass is 281 g/mol. The Morgan fingerprint density at radius 1 is 1.25 bits per heavy atom. The van der Waals surface area contributed by atoms with E-state index in [-0.39, 0.29) is 23.8 Å². The van der Waals surface area contributed by atoms with Gasteiger partial charge in [0.2, 0.25) is 11.8 Å². The maximum absolute atomic E-state index is 12.4. The lowest BCUT2D eigenvalue weighted by atomic mass is 9.92. The van der Waals surface area contributed by atoms with E-state index in [1.54, 1.807) is 0 Å². The molecule has 20 heavy (non-hydrogen) atoms. The summed E-state index contributed by atoms with van der Waals surface area (Å²) in [7, 11) is 0. The third kappa shape index (κ3) is 3.95. The zero-order valence-corrected chi connectivity index (χ0v) is 12.4. The van der Waals surface area contributed by atoms with Crippen molar-refractivity contribution in [3.8, 4) is 0 Å². The summed E-state index contributed by atoms with van der Waals surface area (Å²) in [6.07, 6.45) is 6.85. The molecule has 2 aliphatic rings. The smallest absolute Gasteiger partial charge is 0.222 e. The maximum Gasteiger partial charge on any atom is 0.222 e. The molecule has 0 aromatic heterocycles. The molecule has 3 unspecified atom stereocenters. The van der Waals surface area contributed by atoms with E-state index in [9.17, 15) is 9.59 Å². The molecule has 2 aliphatic heterocycles. The molecule has 2 heterocycles. The fraction of sp³-hybridized carbons (Fsp3) is 0.867. The maximum atomic E-state index is 12.4. The molecule has 0 saturated carbocycles. The van der Waals surface area contributed by atoms with Crippen molar-refractivity contribution in [2.24, 2.45) is 11.7 Å². The highest BCUT2D eigenvalue weighted by molar-refractivity contribution is 5.80. The standard InChI is InChI=1S/C15H27N3O2/c1-11-5-6-12(15(16)20)10-18(11)14(19)8-7-13-4-2-3-9-17-13/h11-13,17H,2-10H2,1H3,(H2,16,20). The first-order chi connectivity index (χ1) is 9.58. The molecule has 114 valence electrons. The van der Waals surface area contributed by atoms with Crippen LogP contribution in [0.1, 0.15) is 51.9 Å². The van der Waals surface area contributed by atoms with Crippen molar-refractivity contribution < 1.29 is 9.59 Å². The summed E-state index contributed by atoms with van der Waals surface area (Å²) in [5.41, 5.74) is 5.38. The number of piperidine rings is 2. The van der Waals surface area contributed by atoms with Gasteiger partial charge in [-0.1, -0.05) is 6.42 Å². The van der Waals surface area contributed by atoms with Gasteiger partial charge in [-0.3, -0.25) is 9.59 Å². The molecule has 0 aromatic carbocycles. The summed E-state index contributed by atoms with van der Waals surface area (Å²) in [4.78, 5) is 25.5. The average Bonchev–Trinajstić information content (AvgIpc) is 2.46. The Morgan fingerprint density at radius 2 is 2.05 bits per heavy atom. The third-order valence-electron chi connectivity index (χ3n) is 4.72. The quantitative estimate of drug-likeness (QED) is 0.808. The van der Waals surface area contributed by atoms with Crippen molar-refractivity contribution in [2.75, 3.05) is 13.1 Å². The number of amides is 2. The van der Waals surface area contributed by atoms with E-state index in [0.29, 0.717) is 19.0 Å². The molecule has 5 nitrogen and oxygen atoms in total. The Bertz CT molecular complexity index is 353. The van der Waals surface area contributed by atoms with Crippen LogP contribution in [0.2, 0.25) is 0 Å². The van der Waals surface area contributed by atoms with Crippen LogP contribution in [-0.2, 0) is 9.59 Å². The Morgan fingerprint density at radius 3 is 2.70 bits per heavy atom. The van der Waals surface area contributed by atoms with Gasteiger partial charge in [0.05, 0.1) is 5.92 Å². The Hall–Kier alpha value is -1.10. The molecule has 0 aliphatic carbocycles. The van der Waals surface area contributed by atoms with E-state index in [2.05, 4.69) is 12.2 Å². The van der Waals surface area contributed by atoms with E-state index in [4.69, 9.17) is 5.73 Å². The second-order valence-corrected chi connectivity index (χ2v) is 6.26. The van der Waals surface area contributed by atoms with E-state index >= 15 is 0 Å². The molecule has 3 atom stereocenters.